The zero-order valence-electron chi connectivity index (χ0n) is 11.6. The first-order valence-electron chi connectivity index (χ1n) is 6.60. The molecular weight excluding hydrogens is 260 g/mol. The van der Waals surface area contributed by atoms with Gasteiger partial charge in [-0.2, -0.15) is 10.4 Å². The summed E-state index contributed by atoms with van der Waals surface area (Å²) < 4.78 is 1.79. The van der Waals surface area contributed by atoms with Crippen LogP contribution in [0.1, 0.15) is 11.1 Å². The van der Waals surface area contributed by atoms with Crippen LogP contribution in [0.4, 0.5) is 5.69 Å². The number of hydrogen-bond acceptors (Lipinski definition) is 3. The zero-order valence-corrected chi connectivity index (χ0v) is 11.6. The van der Waals surface area contributed by atoms with Gasteiger partial charge in [-0.25, -0.2) is 4.68 Å². The van der Waals surface area contributed by atoms with Crippen molar-refractivity contribution >= 4 is 5.69 Å². The first kappa shape index (κ1) is 12.9. The van der Waals surface area contributed by atoms with Crippen LogP contribution in [-0.4, -0.2) is 9.78 Å². The van der Waals surface area contributed by atoms with Crippen molar-refractivity contribution in [1.82, 2.24) is 9.78 Å². The predicted molar refractivity (Wildman–Crippen MR) is 82.9 cm³/mol. The van der Waals surface area contributed by atoms with Crippen molar-refractivity contribution in [1.29, 1.82) is 5.26 Å². The Kier molecular flexibility index (Phi) is 3.17. The molecule has 0 atom stereocenters. The predicted octanol–water partition coefficient (Wildman–Crippen LogP) is 3.30. The van der Waals surface area contributed by atoms with Gasteiger partial charge < -0.3 is 5.73 Å². The molecule has 0 aliphatic carbocycles. The van der Waals surface area contributed by atoms with Gasteiger partial charge in [0.05, 0.1) is 23.5 Å². The van der Waals surface area contributed by atoms with Crippen molar-refractivity contribution in [3.05, 3.63) is 66.0 Å². The molecule has 3 aromatic rings. The Morgan fingerprint density at radius 1 is 1.19 bits per heavy atom. The highest BCUT2D eigenvalue weighted by atomic mass is 15.3. The molecule has 3 rings (SSSR count). The lowest BCUT2D eigenvalue weighted by atomic mass is 10.1. The maximum absolute atomic E-state index is 8.98. The molecule has 0 radical (unpaired) electrons. The molecule has 102 valence electrons. The number of nitrogen functional groups attached to an aromatic ring is 1. The van der Waals surface area contributed by atoms with Crippen LogP contribution in [0.2, 0.25) is 0 Å². The monoisotopic (exact) mass is 274 g/mol. The van der Waals surface area contributed by atoms with Crippen molar-refractivity contribution in [3.8, 4) is 22.9 Å². The molecule has 0 saturated carbocycles. The topological polar surface area (TPSA) is 67.6 Å². The van der Waals surface area contributed by atoms with E-state index in [-0.39, 0.29) is 0 Å². The number of aromatic nitrogens is 2. The number of hydrogen-bond donors (Lipinski definition) is 1. The van der Waals surface area contributed by atoms with Gasteiger partial charge in [-0.3, -0.25) is 0 Å². The van der Waals surface area contributed by atoms with Crippen molar-refractivity contribution in [2.75, 3.05) is 5.73 Å². The first-order chi connectivity index (χ1) is 10.2. The Bertz CT molecular complexity index is 840. The van der Waals surface area contributed by atoms with Gasteiger partial charge in [-0.1, -0.05) is 18.2 Å². The van der Waals surface area contributed by atoms with Crippen LogP contribution in [0.3, 0.4) is 0 Å². The number of para-hydroxylation sites is 1. The van der Waals surface area contributed by atoms with Gasteiger partial charge in [0.2, 0.25) is 0 Å². The average Bonchev–Trinajstić information content (AvgIpc) is 2.97. The van der Waals surface area contributed by atoms with Crippen LogP contribution in [0.15, 0.2) is 54.9 Å². The third-order valence-corrected chi connectivity index (χ3v) is 3.45. The molecule has 0 fully saturated rings. The van der Waals surface area contributed by atoms with Gasteiger partial charge >= 0.3 is 0 Å². The van der Waals surface area contributed by atoms with E-state index in [1.54, 1.807) is 10.9 Å². The lowest BCUT2D eigenvalue weighted by molar-refractivity contribution is 0.879. The van der Waals surface area contributed by atoms with E-state index in [0.29, 0.717) is 5.56 Å². The van der Waals surface area contributed by atoms with Gasteiger partial charge in [-0.15, -0.1) is 0 Å². The molecule has 0 aliphatic rings. The van der Waals surface area contributed by atoms with Crippen LogP contribution < -0.4 is 5.73 Å². The summed E-state index contributed by atoms with van der Waals surface area (Å²) >= 11 is 0. The number of nitrogens with two attached hydrogens (primary N) is 1. The largest absolute Gasteiger partial charge is 0.398 e. The Hall–Kier alpha value is -3.06. The van der Waals surface area contributed by atoms with Crippen molar-refractivity contribution in [2.45, 2.75) is 6.92 Å². The van der Waals surface area contributed by atoms with Crippen molar-refractivity contribution in [3.63, 3.8) is 0 Å². The number of nitriles is 1. The van der Waals surface area contributed by atoms with Crippen molar-refractivity contribution in [2.24, 2.45) is 0 Å². The molecular formula is C17H14N4. The molecule has 0 aliphatic heterocycles. The third kappa shape index (κ3) is 2.37. The summed E-state index contributed by atoms with van der Waals surface area (Å²) in [5, 5.41) is 13.4. The number of anilines is 1. The highest BCUT2D eigenvalue weighted by Gasteiger charge is 2.07. The second-order valence-corrected chi connectivity index (χ2v) is 4.87. The fraction of sp³-hybridized carbons (Fsp3) is 0.0588. The lowest BCUT2D eigenvalue weighted by Gasteiger charge is -2.04. The number of aryl methyl sites for hydroxylation is 1. The van der Waals surface area contributed by atoms with E-state index in [0.717, 1.165) is 28.1 Å². The Labute approximate surface area is 123 Å². The summed E-state index contributed by atoms with van der Waals surface area (Å²) in [4.78, 5) is 0. The average molecular weight is 274 g/mol. The number of rotatable bonds is 2. The van der Waals surface area contributed by atoms with E-state index >= 15 is 0 Å². The van der Waals surface area contributed by atoms with E-state index < -0.39 is 0 Å². The number of nitrogens with zero attached hydrogens (tertiary/aromatic N) is 3. The molecule has 4 heteroatoms. The quantitative estimate of drug-likeness (QED) is 0.729. The Morgan fingerprint density at radius 3 is 2.71 bits per heavy atom. The molecule has 0 unspecified atom stereocenters. The van der Waals surface area contributed by atoms with E-state index in [2.05, 4.69) is 11.2 Å². The van der Waals surface area contributed by atoms with Gasteiger partial charge in [0, 0.05) is 23.0 Å². The standard InChI is InChI=1S/C17H14N4/c1-12-8-15(7-6-13(12)9-18)21-11-14(10-20-21)16-4-2-3-5-17(16)19/h2-8,10-11H,19H2,1H3. The molecule has 2 aromatic carbocycles. The SMILES string of the molecule is Cc1cc(-n2cc(-c3ccccc3N)cn2)ccc1C#N. The van der Waals surface area contributed by atoms with Crippen LogP contribution >= 0.6 is 0 Å². The maximum Gasteiger partial charge on any atom is 0.0994 e. The molecule has 1 aromatic heterocycles. The van der Waals surface area contributed by atoms with E-state index in [4.69, 9.17) is 11.0 Å². The molecule has 0 saturated heterocycles. The second-order valence-electron chi connectivity index (χ2n) is 4.87. The summed E-state index contributed by atoms with van der Waals surface area (Å²) in [6.45, 7) is 1.92. The molecule has 2 N–H and O–H groups in total. The molecule has 0 spiro atoms. The van der Waals surface area contributed by atoms with Crippen LogP contribution in [-0.2, 0) is 0 Å². The van der Waals surface area contributed by atoms with Crippen LogP contribution in [0, 0.1) is 18.3 Å². The van der Waals surface area contributed by atoms with Gasteiger partial charge in [0.25, 0.3) is 0 Å². The minimum absolute atomic E-state index is 0.679. The Balaban J connectivity index is 2.01. The summed E-state index contributed by atoms with van der Waals surface area (Å²) in [5.74, 6) is 0. The minimum atomic E-state index is 0.679. The van der Waals surface area contributed by atoms with E-state index in [1.807, 2.05) is 55.6 Å². The molecule has 1 heterocycles. The second kappa shape index (κ2) is 5.14. The molecule has 4 nitrogen and oxygen atoms in total. The highest BCUT2D eigenvalue weighted by molar-refractivity contribution is 5.75. The summed E-state index contributed by atoms with van der Waals surface area (Å²) in [5.41, 5.74) is 11.2. The van der Waals surface area contributed by atoms with E-state index in [9.17, 15) is 0 Å². The van der Waals surface area contributed by atoms with Gasteiger partial charge in [-0.05, 0) is 36.8 Å². The maximum atomic E-state index is 8.98. The fourth-order valence-corrected chi connectivity index (χ4v) is 2.28. The third-order valence-electron chi connectivity index (χ3n) is 3.45. The smallest absolute Gasteiger partial charge is 0.0994 e. The van der Waals surface area contributed by atoms with Gasteiger partial charge in [0.15, 0.2) is 0 Å². The van der Waals surface area contributed by atoms with Gasteiger partial charge in [0.1, 0.15) is 0 Å². The van der Waals surface area contributed by atoms with Crippen LogP contribution in [0.25, 0.3) is 16.8 Å². The Morgan fingerprint density at radius 2 is 2.00 bits per heavy atom. The normalized spacial score (nSPS) is 10.3. The summed E-state index contributed by atoms with van der Waals surface area (Å²) in [7, 11) is 0. The fourth-order valence-electron chi connectivity index (χ4n) is 2.28. The summed E-state index contributed by atoms with van der Waals surface area (Å²) in [6.07, 6.45) is 3.73. The lowest BCUT2D eigenvalue weighted by Crippen LogP contribution is -1.95. The zero-order chi connectivity index (χ0) is 14.8. The minimum Gasteiger partial charge on any atom is -0.398 e. The highest BCUT2D eigenvalue weighted by Crippen LogP contribution is 2.26. The van der Waals surface area contributed by atoms with Crippen LogP contribution in [0.5, 0.6) is 0 Å². The van der Waals surface area contributed by atoms with Crippen molar-refractivity contribution < 1.29 is 0 Å². The molecule has 0 bridgehead atoms. The molecule has 0 amide bonds. The van der Waals surface area contributed by atoms with E-state index in [1.165, 1.54) is 0 Å². The molecule has 21 heavy (non-hydrogen) atoms. The first-order valence-corrected chi connectivity index (χ1v) is 6.60. The summed E-state index contributed by atoms with van der Waals surface area (Å²) in [6, 6.07) is 15.5. The number of benzene rings is 2.